The first-order chi connectivity index (χ1) is 8.78. The Morgan fingerprint density at radius 2 is 2.11 bits per heavy atom. The topological polar surface area (TPSA) is 24.1 Å². The van der Waals surface area contributed by atoms with E-state index in [0.29, 0.717) is 6.04 Å². The van der Waals surface area contributed by atoms with Crippen LogP contribution in [0.2, 0.25) is 0 Å². The second-order valence-corrected chi connectivity index (χ2v) is 7.30. The molecule has 0 aliphatic carbocycles. The fraction of sp³-hybridized carbons (Fsp3) is 0.647. The number of benzene rings is 1. The third-order valence-electron chi connectivity index (χ3n) is 4.22. The molecule has 2 nitrogen and oxygen atoms in total. The SMILES string of the molecule is Cc1cccc(C(C)(C)CNC2CNC(C)(C)C2)c1. The third-order valence-corrected chi connectivity index (χ3v) is 4.22. The Morgan fingerprint density at radius 1 is 1.37 bits per heavy atom. The summed E-state index contributed by atoms with van der Waals surface area (Å²) >= 11 is 0. The van der Waals surface area contributed by atoms with Gasteiger partial charge in [-0.2, -0.15) is 0 Å². The predicted molar refractivity (Wildman–Crippen MR) is 82.7 cm³/mol. The Morgan fingerprint density at radius 3 is 2.68 bits per heavy atom. The van der Waals surface area contributed by atoms with Crippen molar-refractivity contribution in [3.8, 4) is 0 Å². The van der Waals surface area contributed by atoms with Crippen LogP contribution in [0.25, 0.3) is 0 Å². The molecule has 0 saturated carbocycles. The van der Waals surface area contributed by atoms with Crippen LogP contribution in [0.5, 0.6) is 0 Å². The number of hydrogen-bond acceptors (Lipinski definition) is 2. The van der Waals surface area contributed by atoms with Crippen LogP contribution < -0.4 is 10.6 Å². The summed E-state index contributed by atoms with van der Waals surface area (Å²) in [5.41, 5.74) is 3.23. The average Bonchev–Trinajstić information content (AvgIpc) is 2.67. The number of rotatable bonds is 4. The highest BCUT2D eigenvalue weighted by atomic mass is 15.1. The van der Waals surface area contributed by atoms with Crippen molar-refractivity contribution in [2.45, 2.75) is 58.0 Å². The van der Waals surface area contributed by atoms with Crippen LogP contribution in [-0.4, -0.2) is 24.7 Å². The van der Waals surface area contributed by atoms with Crippen LogP contribution in [0, 0.1) is 6.92 Å². The maximum Gasteiger partial charge on any atom is 0.0210 e. The van der Waals surface area contributed by atoms with Gasteiger partial charge in [0, 0.05) is 30.1 Å². The van der Waals surface area contributed by atoms with Gasteiger partial charge < -0.3 is 10.6 Å². The zero-order valence-electron chi connectivity index (χ0n) is 13.0. The maximum absolute atomic E-state index is 3.73. The minimum atomic E-state index is 0.179. The molecule has 0 aromatic heterocycles. The van der Waals surface area contributed by atoms with Crippen molar-refractivity contribution < 1.29 is 0 Å². The van der Waals surface area contributed by atoms with E-state index in [1.165, 1.54) is 17.5 Å². The van der Waals surface area contributed by atoms with Gasteiger partial charge >= 0.3 is 0 Å². The molecule has 0 amide bonds. The molecule has 1 unspecified atom stereocenters. The fourth-order valence-electron chi connectivity index (χ4n) is 2.87. The molecule has 2 rings (SSSR count). The van der Waals surface area contributed by atoms with Gasteiger partial charge in [-0.3, -0.25) is 0 Å². The zero-order chi connectivity index (χ0) is 14.1. The summed E-state index contributed by atoms with van der Waals surface area (Å²) in [7, 11) is 0. The fourth-order valence-corrected chi connectivity index (χ4v) is 2.87. The van der Waals surface area contributed by atoms with E-state index in [1.807, 2.05) is 0 Å². The van der Waals surface area contributed by atoms with Gasteiger partial charge in [-0.05, 0) is 32.8 Å². The lowest BCUT2D eigenvalue weighted by Gasteiger charge is -2.28. The average molecular weight is 260 g/mol. The van der Waals surface area contributed by atoms with Gasteiger partial charge in [0.15, 0.2) is 0 Å². The number of nitrogens with one attached hydrogen (secondary N) is 2. The van der Waals surface area contributed by atoms with E-state index in [1.54, 1.807) is 0 Å². The molecule has 2 N–H and O–H groups in total. The molecular weight excluding hydrogens is 232 g/mol. The van der Waals surface area contributed by atoms with E-state index in [2.05, 4.69) is 69.5 Å². The van der Waals surface area contributed by atoms with Gasteiger partial charge in [0.1, 0.15) is 0 Å². The first-order valence-electron chi connectivity index (χ1n) is 7.34. The minimum absolute atomic E-state index is 0.179. The molecule has 1 aromatic carbocycles. The lowest BCUT2D eigenvalue weighted by atomic mass is 9.83. The van der Waals surface area contributed by atoms with E-state index >= 15 is 0 Å². The Hall–Kier alpha value is -0.860. The van der Waals surface area contributed by atoms with Crippen molar-refractivity contribution in [1.82, 2.24) is 10.6 Å². The van der Waals surface area contributed by atoms with Crippen LogP contribution >= 0.6 is 0 Å². The molecule has 1 aliphatic heterocycles. The molecule has 1 heterocycles. The van der Waals surface area contributed by atoms with Crippen LogP contribution in [0.1, 0.15) is 45.2 Å². The van der Waals surface area contributed by atoms with Crippen LogP contribution in [0.3, 0.4) is 0 Å². The lowest BCUT2D eigenvalue weighted by Crippen LogP contribution is -2.40. The summed E-state index contributed by atoms with van der Waals surface area (Å²) in [4.78, 5) is 0. The van der Waals surface area contributed by atoms with E-state index in [-0.39, 0.29) is 11.0 Å². The Balaban J connectivity index is 1.95. The second kappa shape index (κ2) is 5.26. The summed E-state index contributed by atoms with van der Waals surface area (Å²) < 4.78 is 0. The van der Waals surface area contributed by atoms with Gasteiger partial charge in [-0.15, -0.1) is 0 Å². The molecule has 1 saturated heterocycles. The van der Waals surface area contributed by atoms with Crippen molar-refractivity contribution in [3.63, 3.8) is 0 Å². The molecule has 1 atom stereocenters. The van der Waals surface area contributed by atoms with Crippen LogP contribution in [0.15, 0.2) is 24.3 Å². The van der Waals surface area contributed by atoms with E-state index in [9.17, 15) is 0 Å². The van der Waals surface area contributed by atoms with Crippen molar-refractivity contribution in [2.24, 2.45) is 0 Å². The van der Waals surface area contributed by atoms with Gasteiger partial charge in [-0.25, -0.2) is 0 Å². The molecule has 1 aliphatic rings. The first-order valence-corrected chi connectivity index (χ1v) is 7.34. The monoisotopic (exact) mass is 260 g/mol. The molecule has 0 spiro atoms. The Bertz CT molecular complexity index is 435. The normalized spacial score (nSPS) is 22.7. The summed E-state index contributed by atoms with van der Waals surface area (Å²) in [5, 5.41) is 7.30. The molecule has 1 fully saturated rings. The largest absolute Gasteiger partial charge is 0.312 e. The highest BCUT2D eigenvalue weighted by molar-refractivity contribution is 5.28. The van der Waals surface area contributed by atoms with E-state index < -0.39 is 0 Å². The summed E-state index contributed by atoms with van der Waals surface area (Å²) in [6, 6.07) is 9.46. The molecule has 2 heteroatoms. The molecule has 1 aromatic rings. The number of aryl methyl sites for hydroxylation is 1. The standard InChI is InChI=1S/C17H28N2/c1-13-7-6-8-14(9-13)16(2,3)12-18-15-10-17(4,5)19-11-15/h6-9,15,18-19H,10-12H2,1-5H3. The number of hydrogen-bond donors (Lipinski definition) is 2. The smallest absolute Gasteiger partial charge is 0.0210 e. The predicted octanol–water partition coefficient (Wildman–Crippen LogP) is 3.00. The van der Waals surface area contributed by atoms with Crippen molar-refractivity contribution in [2.75, 3.05) is 13.1 Å². The minimum Gasteiger partial charge on any atom is -0.312 e. The summed E-state index contributed by atoms with van der Waals surface area (Å²) in [5.74, 6) is 0. The highest BCUT2D eigenvalue weighted by Crippen LogP contribution is 2.24. The van der Waals surface area contributed by atoms with Crippen molar-refractivity contribution >= 4 is 0 Å². The quantitative estimate of drug-likeness (QED) is 0.869. The molecule has 106 valence electrons. The van der Waals surface area contributed by atoms with Crippen LogP contribution in [-0.2, 0) is 5.41 Å². The van der Waals surface area contributed by atoms with Gasteiger partial charge in [0.05, 0.1) is 0 Å². The molecule has 0 radical (unpaired) electrons. The van der Waals surface area contributed by atoms with E-state index in [4.69, 9.17) is 0 Å². The van der Waals surface area contributed by atoms with Gasteiger partial charge in [0.25, 0.3) is 0 Å². The Labute approximate surface area is 118 Å². The second-order valence-electron chi connectivity index (χ2n) is 7.30. The van der Waals surface area contributed by atoms with Crippen LogP contribution in [0.4, 0.5) is 0 Å². The summed E-state index contributed by atoms with van der Waals surface area (Å²) in [6.07, 6.45) is 1.21. The van der Waals surface area contributed by atoms with E-state index in [0.717, 1.165) is 13.1 Å². The third kappa shape index (κ3) is 3.80. The van der Waals surface area contributed by atoms with Crippen molar-refractivity contribution in [3.05, 3.63) is 35.4 Å². The molecule has 0 bridgehead atoms. The first kappa shape index (κ1) is 14.5. The lowest BCUT2D eigenvalue weighted by molar-refractivity contribution is 0.407. The Kier molecular flexibility index (Phi) is 4.03. The van der Waals surface area contributed by atoms with Gasteiger partial charge in [0.2, 0.25) is 0 Å². The molecule has 19 heavy (non-hydrogen) atoms. The van der Waals surface area contributed by atoms with Crippen molar-refractivity contribution in [1.29, 1.82) is 0 Å². The zero-order valence-corrected chi connectivity index (χ0v) is 13.0. The summed E-state index contributed by atoms with van der Waals surface area (Å²) in [6.45, 7) is 13.5. The maximum atomic E-state index is 3.73. The van der Waals surface area contributed by atoms with Gasteiger partial charge in [-0.1, -0.05) is 43.7 Å². The highest BCUT2D eigenvalue weighted by Gasteiger charge is 2.31. The molecular formula is C17H28N2.